The number of hydrogen-bond acceptors (Lipinski definition) is 6. The molecule has 35 heavy (non-hydrogen) atoms. The summed E-state index contributed by atoms with van der Waals surface area (Å²) in [6.45, 7) is 4.92. The molecule has 0 aliphatic rings. The van der Waals surface area contributed by atoms with Crippen LogP contribution in [0.3, 0.4) is 0 Å². The van der Waals surface area contributed by atoms with Crippen molar-refractivity contribution in [1.29, 1.82) is 5.26 Å². The van der Waals surface area contributed by atoms with Gasteiger partial charge in [-0.2, -0.15) is 5.26 Å². The second kappa shape index (κ2) is 11.0. The number of nitrogens with two attached hydrogens (primary N) is 1. The molecule has 1 amide bonds. The second-order valence-electron chi connectivity index (χ2n) is 8.77. The summed E-state index contributed by atoms with van der Waals surface area (Å²) < 4.78 is 5.49. The lowest BCUT2D eigenvalue weighted by Gasteiger charge is -2.30. The Balaban J connectivity index is 1.81. The first kappa shape index (κ1) is 25.7. The summed E-state index contributed by atoms with van der Waals surface area (Å²) in [6, 6.07) is 19.7. The molecule has 0 saturated carbocycles. The fourth-order valence-corrected chi connectivity index (χ4v) is 3.83. The van der Waals surface area contributed by atoms with Crippen LogP contribution in [0, 0.1) is 11.3 Å². The first-order chi connectivity index (χ1) is 16.6. The largest absolute Gasteiger partial charge is 0.446 e. The van der Waals surface area contributed by atoms with Gasteiger partial charge in [0, 0.05) is 23.2 Å². The van der Waals surface area contributed by atoms with Crippen molar-refractivity contribution < 1.29 is 14.3 Å². The smallest absolute Gasteiger partial charge is 0.342 e. The third-order valence-electron chi connectivity index (χ3n) is 5.73. The van der Waals surface area contributed by atoms with Crippen LogP contribution in [-0.4, -0.2) is 28.5 Å². The molecule has 8 heteroatoms. The molecule has 0 unspecified atom stereocenters. The Kier molecular flexibility index (Phi) is 8.10. The Morgan fingerprint density at radius 3 is 2.54 bits per heavy atom. The molecule has 3 rings (SSSR count). The van der Waals surface area contributed by atoms with E-state index in [4.69, 9.17) is 22.1 Å². The number of pyridine rings is 1. The van der Waals surface area contributed by atoms with Crippen molar-refractivity contribution in [2.75, 3.05) is 5.73 Å². The number of ether oxygens (including phenoxy) is 1. The van der Waals surface area contributed by atoms with Gasteiger partial charge in [0.2, 0.25) is 0 Å². The van der Waals surface area contributed by atoms with Crippen molar-refractivity contribution in [1.82, 2.24) is 10.3 Å². The molecule has 1 aromatic heterocycles. The number of amides is 1. The zero-order chi connectivity index (χ0) is 25.6. The van der Waals surface area contributed by atoms with Crippen molar-refractivity contribution in [3.63, 3.8) is 0 Å². The van der Waals surface area contributed by atoms with E-state index in [1.807, 2.05) is 49.4 Å². The summed E-state index contributed by atoms with van der Waals surface area (Å²) in [4.78, 5) is 29.7. The third-order valence-corrected chi connectivity index (χ3v) is 5.98. The molecule has 3 N–H and O–H groups in total. The van der Waals surface area contributed by atoms with E-state index in [9.17, 15) is 14.9 Å². The minimum atomic E-state index is -1.47. The molecule has 3 aromatic rings. The number of benzene rings is 2. The number of aromatic nitrogens is 1. The van der Waals surface area contributed by atoms with E-state index in [1.165, 1.54) is 26.1 Å². The normalized spacial score (nSPS) is 12.8. The van der Waals surface area contributed by atoms with Gasteiger partial charge in [-0.15, -0.1) is 0 Å². The second-order valence-corrected chi connectivity index (χ2v) is 9.21. The van der Waals surface area contributed by atoms with Gasteiger partial charge in [0.25, 0.3) is 5.91 Å². The summed E-state index contributed by atoms with van der Waals surface area (Å²) in [6.07, 6.45) is 2.06. The number of nitrogens with zero attached hydrogens (tertiary/aromatic N) is 2. The predicted octanol–water partition coefficient (Wildman–Crippen LogP) is 4.66. The van der Waals surface area contributed by atoms with Crippen molar-refractivity contribution in [2.24, 2.45) is 0 Å². The first-order valence-electron chi connectivity index (χ1n) is 11.1. The van der Waals surface area contributed by atoms with Crippen molar-refractivity contribution in [2.45, 2.75) is 44.8 Å². The Morgan fingerprint density at radius 1 is 1.17 bits per heavy atom. The minimum Gasteiger partial charge on any atom is -0.446 e. The van der Waals surface area contributed by atoms with E-state index in [0.717, 1.165) is 11.1 Å². The number of halogens is 1. The average Bonchev–Trinajstić information content (AvgIpc) is 2.83. The highest BCUT2D eigenvalue weighted by molar-refractivity contribution is 6.30. The lowest BCUT2D eigenvalue weighted by Crippen LogP contribution is -2.50. The number of nitrogen functional groups attached to an aromatic ring is 1. The monoisotopic (exact) mass is 490 g/mol. The average molecular weight is 491 g/mol. The van der Waals surface area contributed by atoms with Gasteiger partial charge in [-0.1, -0.05) is 35.9 Å². The van der Waals surface area contributed by atoms with Crippen LogP contribution in [0.4, 0.5) is 5.82 Å². The van der Waals surface area contributed by atoms with Crippen molar-refractivity contribution >= 4 is 29.3 Å². The van der Waals surface area contributed by atoms with Crippen LogP contribution >= 0.6 is 11.6 Å². The highest BCUT2D eigenvalue weighted by Gasteiger charge is 2.35. The van der Waals surface area contributed by atoms with Crippen LogP contribution in [0.2, 0.25) is 5.02 Å². The number of nitrogens with one attached hydrogen (secondary N) is 1. The fourth-order valence-electron chi connectivity index (χ4n) is 3.70. The van der Waals surface area contributed by atoms with Gasteiger partial charge in [-0.3, -0.25) is 4.79 Å². The maximum atomic E-state index is 13.2. The quantitative estimate of drug-likeness (QED) is 0.443. The van der Waals surface area contributed by atoms with Crippen LogP contribution < -0.4 is 11.1 Å². The van der Waals surface area contributed by atoms with Crippen molar-refractivity contribution in [3.8, 4) is 6.07 Å². The molecule has 0 radical (unpaired) electrons. The highest BCUT2D eigenvalue weighted by Crippen LogP contribution is 2.27. The Morgan fingerprint density at radius 2 is 1.89 bits per heavy atom. The topological polar surface area (TPSA) is 118 Å². The lowest BCUT2D eigenvalue weighted by molar-refractivity contribution is -0.138. The Hall–Kier alpha value is -3.89. The molecule has 0 aliphatic carbocycles. The van der Waals surface area contributed by atoms with Crippen LogP contribution in [0.15, 0.2) is 66.9 Å². The third kappa shape index (κ3) is 6.58. The van der Waals surface area contributed by atoms with Crippen LogP contribution in [0.1, 0.15) is 53.7 Å². The summed E-state index contributed by atoms with van der Waals surface area (Å²) in [7, 11) is 0. The van der Waals surface area contributed by atoms with E-state index in [0.29, 0.717) is 17.0 Å². The van der Waals surface area contributed by atoms with Gasteiger partial charge >= 0.3 is 5.97 Å². The predicted molar refractivity (Wildman–Crippen MR) is 135 cm³/mol. The van der Waals surface area contributed by atoms with Gasteiger partial charge in [-0.25, -0.2) is 9.78 Å². The molecule has 1 heterocycles. The summed E-state index contributed by atoms with van der Waals surface area (Å²) in [5, 5.41) is 13.0. The maximum absolute atomic E-state index is 13.2. The summed E-state index contributed by atoms with van der Waals surface area (Å²) in [5.41, 5.74) is 6.86. The Bertz CT molecular complexity index is 1250. The number of hydrogen-bond donors (Lipinski definition) is 2. The zero-order valence-corrected chi connectivity index (χ0v) is 20.5. The van der Waals surface area contributed by atoms with Gasteiger partial charge < -0.3 is 15.8 Å². The van der Waals surface area contributed by atoms with Gasteiger partial charge in [0.1, 0.15) is 11.4 Å². The molecule has 0 aliphatic heterocycles. The van der Waals surface area contributed by atoms with E-state index >= 15 is 0 Å². The first-order valence-corrected chi connectivity index (χ1v) is 11.5. The van der Waals surface area contributed by atoms with Gasteiger partial charge in [0.05, 0.1) is 11.6 Å². The van der Waals surface area contributed by atoms with Crippen LogP contribution in [-0.2, 0) is 16.0 Å². The molecule has 7 nitrogen and oxygen atoms in total. The summed E-state index contributed by atoms with van der Waals surface area (Å²) >= 11 is 6.04. The fraction of sp³-hybridized carbons (Fsp3) is 0.259. The number of rotatable bonds is 8. The lowest BCUT2D eigenvalue weighted by atomic mass is 9.85. The SMILES string of the molecule is C[C@H](NC(=O)C(C)(C)OC(=O)c1cccnc1N)[C@@H](Cc1ccc(Cl)cc1)c1cccc(C#N)c1. The highest BCUT2D eigenvalue weighted by atomic mass is 35.5. The van der Waals surface area contributed by atoms with Crippen LogP contribution in [0.5, 0.6) is 0 Å². The molecule has 0 bridgehead atoms. The van der Waals surface area contributed by atoms with Gasteiger partial charge in [-0.05, 0) is 74.7 Å². The number of anilines is 1. The molecule has 2 atom stereocenters. The Labute approximate surface area is 209 Å². The molecule has 2 aromatic carbocycles. The van der Waals surface area contributed by atoms with E-state index < -0.39 is 17.5 Å². The number of carbonyl (C=O) groups is 2. The molecule has 180 valence electrons. The van der Waals surface area contributed by atoms with Crippen LogP contribution in [0.25, 0.3) is 0 Å². The number of esters is 1. The number of nitriles is 1. The molecule has 0 fully saturated rings. The van der Waals surface area contributed by atoms with Crippen molar-refractivity contribution in [3.05, 3.63) is 94.1 Å². The number of carbonyl (C=O) groups excluding carboxylic acids is 2. The van der Waals surface area contributed by atoms with E-state index in [2.05, 4.69) is 16.4 Å². The molecular weight excluding hydrogens is 464 g/mol. The van der Waals surface area contributed by atoms with E-state index in [1.54, 1.807) is 12.1 Å². The van der Waals surface area contributed by atoms with Gasteiger partial charge in [0.15, 0.2) is 5.60 Å². The van der Waals surface area contributed by atoms with E-state index in [-0.39, 0.29) is 23.3 Å². The molecule has 0 saturated heterocycles. The summed E-state index contributed by atoms with van der Waals surface area (Å²) in [5.74, 6) is -1.32. The standard InChI is InChI=1S/C27H27ClN4O3/c1-17(32-26(34)27(2,3)35-25(33)22-8-5-13-31-24(22)30)23(15-18-9-11-21(28)12-10-18)20-7-4-6-19(14-20)16-29/h4-14,17,23H,15H2,1-3H3,(H2,30,31)(H,32,34)/t17-,23+/m0/s1. The zero-order valence-electron chi connectivity index (χ0n) is 19.8. The minimum absolute atomic E-state index is 0.0301. The maximum Gasteiger partial charge on any atom is 0.342 e. The molecular formula is C27H27ClN4O3. The molecule has 0 spiro atoms.